The second kappa shape index (κ2) is 5.64. The van der Waals surface area contributed by atoms with E-state index in [1.54, 1.807) is 0 Å². The van der Waals surface area contributed by atoms with Gasteiger partial charge in [-0.1, -0.05) is 0 Å². The molecule has 102 valence electrons. The highest BCUT2D eigenvalue weighted by Gasteiger charge is 2.19. The van der Waals surface area contributed by atoms with Crippen LogP contribution in [0.2, 0.25) is 0 Å². The van der Waals surface area contributed by atoms with E-state index in [1.165, 1.54) is 6.07 Å². The molecule has 0 spiro atoms. The highest BCUT2D eigenvalue weighted by Crippen LogP contribution is 2.18. The van der Waals surface area contributed by atoms with Crippen molar-refractivity contribution in [1.29, 1.82) is 0 Å². The van der Waals surface area contributed by atoms with E-state index in [2.05, 4.69) is 4.72 Å². The molecule has 5 nitrogen and oxygen atoms in total. The maximum absolute atomic E-state index is 13.0. The van der Waals surface area contributed by atoms with Crippen molar-refractivity contribution >= 4 is 15.7 Å². The molecule has 1 rings (SSSR count). The number of hydrogen-bond donors (Lipinski definition) is 2. The normalized spacial score (nSPS) is 13.8. The molecule has 3 N–H and O–H groups in total. The van der Waals surface area contributed by atoms with Crippen molar-refractivity contribution in [1.82, 2.24) is 9.62 Å². The van der Waals surface area contributed by atoms with Crippen LogP contribution in [0.25, 0.3) is 0 Å². The van der Waals surface area contributed by atoms with E-state index in [0.717, 1.165) is 12.1 Å². The maximum atomic E-state index is 13.0. The molecule has 0 aliphatic carbocycles. The fourth-order valence-electron chi connectivity index (χ4n) is 1.23. The van der Waals surface area contributed by atoms with Crippen molar-refractivity contribution in [3.63, 3.8) is 0 Å². The number of nitrogens with one attached hydrogen (secondary N) is 1. The van der Waals surface area contributed by atoms with Crippen molar-refractivity contribution in [2.45, 2.75) is 17.9 Å². The number of hydrogen-bond acceptors (Lipinski definition) is 4. The molecule has 18 heavy (non-hydrogen) atoms. The highest BCUT2D eigenvalue weighted by atomic mass is 32.2. The number of likely N-dealkylation sites (N-methyl/N-ethyl adjacent to an activating group) is 1. The lowest BCUT2D eigenvalue weighted by molar-refractivity contribution is 0.314. The van der Waals surface area contributed by atoms with Gasteiger partial charge in [0.1, 0.15) is 10.7 Å². The zero-order valence-electron chi connectivity index (χ0n) is 10.6. The molecule has 0 radical (unpaired) electrons. The van der Waals surface area contributed by atoms with Gasteiger partial charge >= 0.3 is 0 Å². The summed E-state index contributed by atoms with van der Waals surface area (Å²) >= 11 is 0. The summed E-state index contributed by atoms with van der Waals surface area (Å²) in [6.45, 7) is 2.10. The molecular formula is C11H18FN3O2S. The summed E-state index contributed by atoms with van der Waals surface area (Å²) in [5.74, 6) is -0.634. The molecule has 1 atom stereocenters. The Kier molecular flexibility index (Phi) is 4.66. The predicted molar refractivity (Wildman–Crippen MR) is 69.1 cm³/mol. The number of sulfonamides is 1. The molecule has 0 saturated heterocycles. The first kappa shape index (κ1) is 14.9. The van der Waals surface area contributed by atoms with Crippen molar-refractivity contribution in [2.75, 3.05) is 26.4 Å². The maximum Gasteiger partial charge on any atom is 0.242 e. The lowest BCUT2D eigenvalue weighted by Crippen LogP contribution is -2.38. The van der Waals surface area contributed by atoms with Crippen LogP contribution in [0.15, 0.2) is 23.1 Å². The van der Waals surface area contributed by atoms with Gasteiger partial charge in [0.05, 0.1) is 5.69 Å². The molecule has 1 aromatic rings. The van der Waals surface area contributed by atoms with Crippen LogP contribution in [0.3, 0.4) is 0 Å². The van der Waals surface area contributed by atoms with Crippen LogP contribution in [0, 0.1) is 5.82 Å². The summed E-state index contributed by atoms with van der Waals surface area (Å²) in [5, 5.41) is 0. The molecular weight excluding hydrogens is 257 g/mol. The number of nitrogen functional groups attached to an aromatic ring is 1. The van der Waals surface area contributed by atoms with Crippen LogP contribution in [0.1, 0.15) is 6.92 Å². The molecule has 1 aromatic carbocycles. The van der Waals surface area contributed by atoms with Gasteiger partial charge in [-0.15, -0.1) is 0 Å². The number of benzene rings is 1. The summed E-state index contributed by atoms with van der Waals surface area (Å²) in [4.78, 5) is 1.64. The fraction of sp³-hybridized carbons (Fsp3) is 0.455. The molecule has 0 amide bonds. The Balaban J connectivity index is 2.90. The Bertz CT molecular complexity index is 517. The number of rotatable bonds is 5. The van der Waals surface area contributed by atoms with Crippen LogP contribution in [-0.2, 0) is 10.0 Å². The average Bonchev–Trinajstić information content (AvgIpc) is 2.29. The van der Waals surface area contributed by atoms with Gasteiger partial charge in [-0.3, -0.25) is 0 Å². The SMILES string of the molecule is CC(CNS(=O)(=O)c1cc(F)ccc1N)N(C)C. The number of halogens is 1. The third-order valence-corrected chi connectivity index (χ3v) is 4.19. The summed E-state index contributed by atoms with van der Waals surface area (Å²) < 4.78 is 39.4. The molecule has 0 aliphatic heterocycles. The molecule has 0 aromatic heterocycles. The first-order valence-electron chi connectivity index (χ1n) is 5.45. The van der Waals surface area contributed by atoms with Crippen LogP contribution in [0.5, 0.6) is 0 Å². The van der Waals surface area contributed by atoms with E-state index in [1.807, 2.05) is 25.9 Å². The Morgan fingerprint density at radius 3 is 2.61 bits per heavy atom. The summed E-state index contributed by atoms with van der Waals surface area (Å²) in [6.07, 6.45) is 0. The Labute approximate surface area is 107 Å². The Morgan fingerprint density at radius 2 is 2.06 bits per heavy atom. The third kappa shape index (κ3) is 3.66. The fourth-order valence-corrected chi connectivity index (χ4v) is 2.49. The molecule has 0 saturated carbocycles. The Morgan fingerprint density at radius 1 is 1.44 bits per heavy atom. The minimum atomic E-state index is -3.78. The largest absolute Gasteiger partial charge is 0.398 e. The lowest BCUT2D eigenvalue weighted by atomic mass is 10.3. The van der Waals surface area contributed by atoms with Crippen LogP contribution in [0.4, 0.5) is 10.1 Å². The van der Waals surface area contributed by atoms with Crippen molar-refractivity contribution < 1.29 is 12.8 Å². The van der Waals surface area contributed by atoms with Gasteiger partial charge < -0.3 is 10.6 Å². The van der Waals surface area contributed by atoms with E-state index in [-0.39, 0.29) is 23.2 Å². The lowest BCUT2D eigenvalue weighted by Gasteiger charge is -2.20. The summed E-state index contributed by atoms with van der Waals surface area (Å²) in [7, 11) is -0.0982. The molecule has 7 heteroatoms. The van der Waals surface area contributed by atoms with Gasteiger partial charge in [-0.05, 0) is 39.2 Å². The second-order valence-corrected chi connectivity index (χ2v) is 6.08. The molecule has 0 aliphatic rings. The van der Waals surface area contributed by atoms with Gasteiger partial charge in [0.15, 0.2) is 0 Å². The van der Waals surface area contributed by atoms with Crippen molar-refractivity contribution in [3.8, 4) is 0 Å². The van der Waals surface area contributed by atoms with E-state index in [4.69, 9.17) is 5.73 Å². The second-order valence-electron chi connectivity index (χ2n) is 4.35. The molecule has 1 unspecified atom stereocenters. The number of nitrogens with zero attached hydrogens (tertiary/aromatic N) is 1. The van der Waals surface area contributed by atoms with E-state index >= 15 is 0 Å². The highest BCUT2D eigenvalue weighted by molar-refractivity contribution is 7.89. The van der Waals surface area contributed by atoms with E-state index in [9.17, 15) is 12.8 Å². The van der Waals surface area contributed by atoms with E-state index < -0.39 is 15.8 Å². The van der Waals surface area contributed by atoms with Crippen LogP contribution < -0.4 is 10.5 Å². The van der Waals surface area contributed by atoms with Gasteiger partial charge in [0, 0.05) is 12.6 Å². The summed E-state index contributed by atoms with van der Waals surface area (Å²) in [6, 6.07) is 3.29. The molecule has 0 bridgehead atoms. The van der Waals surface area contributed by atoms with Gasteiger partial charge in [-0.2, -0.15) is 0 Å². The van der Waals surface area contributed by atoms with Gasteiger partial charge in [0.25, 0.3) is 0 Å². The Hall–Kier alpha value is -1.18. The summed E-state index contributed by atoms with van der Waals surface area (Å²) in [5.41, 5.74) is 5.57. The van der Waals surface area contributed by atoms with Gasteiger partial charge in [-0.25, -0.2) is 17.5 Å². The van der Waals surface area contributed by atoms with E-state index in [0.29, 0.717) is 0 Å². The standard InChI is InChI=1S/C11H18FN3O2S/c1-8(15(2)3)7-14-18(16,17)11-6-9(12)4-5-10(11)13/h4-6,8,14H,7,13H2,1-3H3. The minimum absolute atomic E-state index is 0.0227. The molecule has 0 heterocycles. The topological polar surface area (TPSA) is 75.4 Å². The quantitative estimate of drug-likeness (QED) is 0.773. The first-order chi connectivity index (χ1) is 8.24. The zero-order valence-corrected chi connectivity index (χ0v) is 11.5. The van der Waals surface area contributed by atoms with Crippen LogP contribution >= 0.6 is 0 Å². The monoisotopic (exact) mass is 275 g/mol. The van der Waals surface area contributed by atoms with Crippen LogP contribution in [-0.4, -0.2) is 40.0 Å². The number of anilines is 1. The molecule has 0 fully saturated rings. The minimum Gasteiger partial charge on any atom is -0.398 e. The number of nitrogens with two attached hydrogens (primary N) is 1. The average molecular weight is 275 g/mol. The van der Waals surface area contributed by atoms with Gasteiger partial charge in [0.2, 0.25) is 10.0 Å². The van der Waals surface area contributed by atoms with Crippen molar-refractivity contribution in [2.24, 2.45) is 0 Å². The first-order valence-corrected chi connectivity index (χ1v) is 6.93. The smallest absolute Gasteiger partial charge is 0.242 e. The van der Waals surface area contributed by atoms with Crippen molar-refractivity contribution in [3.05, 3.63) is 24.0 Å². The zero-order chi connectivity index (χ0) is 13.9. The third-order valence-electron chi connectivity index (χ3n) is 2.72. The predicted octanol–water partition coefficient (Wildman–Crippen LogP) is 0.636.